The Bertz CT molecular complexity index is 370. The van der Waals surface area contributed by atoms with Crippen LogP contribution < -0.4 is 5.32 Å². The molecule has 0 unspecified atom stereocenters. The van der Waals surface area contributed by atoms with Gasteiger partial charge in [0.25, 0.3) is 5.91 Å². The normalized spacial score (nSPS) is 10.4. The Morgan fingerprint density at radius 1 is 1.50 bits per heavy atom. The van der Waals surface area contributed by atoms with Gasteiger partial charge in [-0.3, -0.25) is 4.79 Å². The lowest BCUT2D eigenvalue weighted by Gasteiger charge is -2.14. The van der Waals surface area contributed by atoms with Crippen LogP contribution in [0.15, 0.2) is 0 Å². The molecule has 18 heavy (non-hydrogen) atoms. The van der Waals surface area contributed by atoms with Crippen LogP contribution >= 0.6 is 23.1 Å². The summed E-state index contributed by atoms with van der Waals surface area (Å²) in [6, 6.07) is 0. The van der Waals surface area contributed by atoms with Crippen LogP contribution in [-0.2, 0) is 0 Å². The van der Waals surface area contributed by atoms with Crippen LogP contribution in [0, 0.1) is 0 Å². The van der Waals surface area contributed by atoms with Crippen LogP contribution in [0.4, 0.5) is 5.13 Å². The highest BCUT2D eigenvalue weighted by atomic mass is 32.2. The molecule has 0 bridgehead atoms. The molecule has 7 heteroatoms. The summed E-state index contributed by atoms with van der Waals surface area (Å²) in [6.45, 7) is 3.70. The minimum Gasteiger partial charge on any atom is -0.360 e. The highest BCUT2D eigenvalue weighted by Crippen LogP contribution is 2.16. The van der Waals surface area contributed by atoms with Gasteiger partial charge in [0.15, 0.2) is 0 Å². The number of nitrogens with one attached hydrogen (secondary N) is 1. The fourth-order valence-corrected chi connectivity index (χ4v) is 2.51. The predicted molar refractivity (Wildman–Crippen MR) is 78.6 cm³/mol. The smallest absolute Gasteiger partial charge is 0.284 e. The molecule has 0 radical (unpaired) electrons. The molecule has 0 fully saturated rings. The zero-order valence-corrected chi connectivity index (χ0v) is 12.7. The van der Waals surface area contributed by atoms with Gasteiger partial charge in [0.2, 0.25) is 10.1 Å². The summed E-state index contributed by atoms with van der Waals surface area (Å²) in [5.74, 6) is 1.02. The Kier molecular flexibility index (Phi) is 7.04. The van der Waals surface area contributed by atoms with Gasteiger partial charge in [0.05, 0.1) is 0 Å². The highest BCUT2D eigenvalue weighted by molar-refractivity contribution is 7.98. The van der Waals surface area contributed by atoms with E-state index in [1.165, 1.54) is 11.3 Å². The van der Waals surface area contributed by atoms with E-state index in [-0.39, 0.29) is 5.91 Å². The molecule has 0 saturated heterocycles. The first kappa shape index (κ1) is 15.2. The molecular weight excluding hydrogens is 268 g/mol. The van der Waals surface area contributed by atoms with Crippen molar-refractivity contribution in [2.75, 3.05) is 37.5 Å². The van der Waals surface area contributed by atoms with Gasteiger partial charge in [0, 0.05) is 20.1 Å². The van der Waals surface area contributed by atoms with E-state index in [0.29, 0.717) is 5.01 Å². The predicted octanol–water partition coefficient (Wildman–Crippen LogP) is 2.19. The van der Waals surface area contributed by atoms with Crippen LogP contribution in [0.2, 0.25) is 0 Å². The van der Waals surface area contributed by atoms with Gasteiger partial charge in [-0.05, 0) is 24.9 Å². The number of thioether (sulfide) groups is 1. The highest BCUT2D eigenvalue weighted by Gasteiger charge is 2.16. The van der Waals surface area contributed by atoms with Crippen molar-refractivity contribution in [2.24, 2.45) is 0 Å². The Morgan fingerprint density at radius 2 is 2.28 bits per heavy atom. The molecule has 0 aliphatic carbocycles. The van der Waals surface area contributed by atoms with Gasteiger partial charge < -0.3 is 10.2 Å². The zero-order chi connectivity index (χ0) is 13.4. The fraction of sp³-hybridized carbons (Fsp3) is 0.727. The van der Waals surface area contributed by atoms with Gasteiger partial charge in [-0.2, -0.15) is 11.8 Å². The standard InChI is InChI=1S/C11H20N4OS2/c1-4-6-12-11-14-13-9(18-11)10(16)15(2)7-5-8-17-3/h4-8H2,1-3H3,(H,12,14). The van der Waals surface area contributed by atoms with Crippen LogP contribution in [0.5, 0.6) is 0 Å². The maximum Gasteiger partial charge on any atom is 0.284 e. The van der Waals surface area contributed by atoms with E-state index in [1.54, 1.807) is 16.7 Å². The first-order chi connectivity index (χ1) is 8.69. The third-order valence-electron chi connectivity index (χ3n) is 2.32. The molecule has 1 heterocycles. The van der Waals surface area contributed by atoms with E-state index >= 15 is 0 Å². The van der Waals surface area contributed by atoms with Crippen LogP contribution in [0.1, 0.15) is 29.6 Å². The van der Waals surface area contributed by atoms with Gasteiger partial charge in [-0.15, -0.1) is 10.2 Å². The minimum absolute atomic E-state index is 0.0434. The second-order valence-corrected chi connectivity index (χ2v) is 5.88. The number of carbonyl (C=O) groups excluding carboxylic acids is 1. The maximum atomic E-state index is 12.0. The lowest BCUT2D eigenvalue weighted by molar-refractivity contribution is 0.0794. The molecule has 1 aromatic rings. The number of amides is 1. The molecule has 0 saturated carbocycles. The van der Waals surface area contributed by atoms with Gasteiger partial charge in [-0.25, -0.2) is 0 Å². The Morgan fingerprint density at radius 3 is 2.94 bits per heavy atom. The average Bonchev–Trinajstić information content (AvgIpc) is 2.84. The Balaban J connectivity index is 2.47. The van der Waals surface area contributed by atoms with E-state index in [0.717, 1.165) is 36.8 Å². The summed E-state index contributed by atoms with van der Waals surface area (Å²) in [5.41, 5.74) is 0. The number of aromatic nitrogens is 2. The van der Waals surface area contributed by atoms with E-state index < -0.39 is 0 Å². The molecule has 1 rings (SSSR count). The van der Waals surface area contributed by atoms with Crippen molar-refractivity contribution >= 4 is 34.1 Å². The molecule has 5 nitrogen and oxygen atoms in total. The molecule has 0 aliphatic heterocycles. The molecule has 1 N–H and O–H groups in total. The van der Waals surface area contributed by atoms with Crippen molar-refractivity contribution in [3.05, 3.63) is 5.01 Å². The number of carbonyl (C=O) groups is 1. The van der Waals surface area contributed by atoms with Crippen molar-refractivity contribution in [1.82, 2.24) is 15.1 Å². The SMILES string of the molecule is CCCNc1nnc(C(=O)N(C)CCCSC)s1. The number of anilines is 1. The number of nitrogens with zero attached hydrogens (tertiary/aromatic N) is 3. The number of hydrogen-bond acceptors (Lipinski definition) is 6. The van der Waals surface area contributed by atoms with Crippen LogP contribution in [0.3, 0.4) is 0 Å². The molecule has 1 amide bonds. The summed E-state index contributed by atoms with van der Waals surface area (Å²) >= 11 is 3.11. The molecule has 0 spiro atoms. The lowest BCUT2D eigenvalue weighted by Crippen LogP contribution is -2.27. The van der Waals surface area contributed by atoms with E-state index in [4.69, 9.17) is 0 Å². The Labute approximate surface area is 116 Å². The third kappa shape index (κ3) is 4.81. The monoisotopic (exact) mass is 288 g/mol. The topological polar surface area (TPSA) is 58.1 Å². The number of rotatable bonds is 8. The molecular formula is C11H20N4OS2. The second-order valence-electron chi connectivity index (χ2n) is 3.91. The minimum atomic E-state index is -0.0434. The second kappa shape index (κ2) is 8.31. The van der Waals surface area contributed by atoms with E-state index in [9.17, 15) is 4.79 Å². The van der Waals surface area contributed by atoms with Crippen molar-refractivity contribution in [2.45, 2.75) is 19.8 Å². The van der Waals surface area contributed by atoms with E-state index in [2.05, 4.69) is 28.7 Å². The summed E-state index contributed by atoms with van der Waals surface area (Å²) in [4.78, 5) is 13.7. The first-order valence-corrected chi connectivity index (χ1v) is 8.21. The van der Waals surface area contributed by atoms with Gasteiger partial charge >= 0.3 is 0 Å². The third-order valence-corrected chi connectivity index (χ3v) is 3.89. The molecule has 0 atom stereocenters. The lowest BCUT2D eigenvalue weighted by atomic mass is 10.4. The maximum absolute atomic E-state index is 12.0. The summed E-state index contributed by atoms with van der Waals surface area (Å²) in [5, 5.41) is 12.2. The summed E-state index contributed by atoms with van der Waals surface area (Å²) in [6.07, 6.45) is 4.10. The molecule has 0 aliphatic rings. The summed E-state index contributed by atoms with van der Waals surface area (Å²) < 4.78 is 0. The fourth-order valence-electron chi connectivity index (χ4n) is 1.32. The summed E-state index contributed by atoms with van der Waals surface area (Å²) in [7, 11) is 1.81. The molecule has 1 aromatic heterocycles. The zero-order valence-electron chi connectivity index (χ0n) is 11.1. The van der Waals surface area contributed by atoms with Gasteiger partial charge in [-0.1, -0.05) is 18.3 Å². The van der Waals surface area contributed by atoms with Crippen molar-refractivity contribution in [3.8, 4) is 0 Å². The van der Waals surface area contributed by atoms with Crippen molar-refractivity contribution < 1.29 is 4.79 Å². The molecule has 102 valence electrons. The first-order valence-electron chi connectivity index (χ1n) is 6.00. The van der Waals surface area contributed by atoms with Crippen LogP contribution in [-0.4, -0.2) is 53.2 Å². The van der Waals surface area contributed by atoms with Crippen molar-refractivity contribution in [1.29, 1.82) is 0 Å². The van der Waals surface area contributed by atoms with Crippen LogP contribution in [0.25, 0.3) is 0 Å². The van der Waals surface area contributed by atoms with Crippen molar-refractivity contribution in [3.63, 3.8) is 0 Å². The number of hydrogen-bond donors (Lipinski definition) is 1. The largest absolute Gasteiger partial charge is 0.360 e. The van der Waals surface area contributed by atoms with E-state index in [1.807, 2.05) is 7.05 Å². The van der Waals surface area contributed by atoms with Gasteiger partial charge in [0.1, 0.15) is 0 Å². The quantitative estimate of drug-likeness (QED) is 0.743. The average molecular weight is 288 g/mol. The molecule has 0 aromatic carbocycles. The Hall–Kier alpha value is -0.820.